The van der Waals surface area contributed by atoms with E-state index in [0.717, 1.165) is 4.57 Å². The number of furan rings is 1. The average molecular weight is 336 g/mol. The molecule has 0 aliphatic rings. The van der Waals surface area contributed by atoms with Gasteiger partial charge in [-0.2, -0.15) is 0 Å². The second-order valence-electron chi connectivity index (χ2n) is 5.29. The first-order valence-corrected chi connectivity index (χ1v) is 7.12. The van der Waals surface area contributed by atoms with Crippen LogP contribution in [0, 0.1) is 0 Å². The van der Waals surface area contributed by atoms with Crippen LogP contribution in [0.2, 0.25) is 0 Å². The van der Waals surface area contributed by atoms with E-state index in [1.54, 1.807) is 24.3 Å². The number of rotatable bonds is 5. The van der Waals surface area contributed by atoms with Crippen molar-refractivity contribution in [1.29, 1.82) is 0 Å². The van der Waals surface area contributed by atoms with Crippen LogP contribution in [0.15, 0.2) is 39.8 Å². The number of aromatic nitrogens is 2. The van der Waals surface area contributed by atoms with Gasteiger partial charge in [-0.3, -0.25) is 14.2 Å². The quantitative estimate of drug-likeness (QED) is 0.719. The van der Waals surface area contributed by atoms with Gasteiger partial charge in [0.1, 0.15) is 17.6 Å². The summed E-state index contributed by atoms with van der Waals surface area (Å²) >= 11 is 0. The van der Waals surface area contributed by atoms with E-state index < -0.39 is 37.0 Å². The molecule has 0 aliphatic heterocycles. The van der Waals surface area contributed by atoms with E-state index in [0.29, 0.717) is 16.5 Å². The Hall–Kier alpha value is -2.81. The minimum absolute atomic E-state index is 0.0128. The third kappa shape index (κ3) is 2.98. The number of fused-ring (bicyclic) bond motifs is 3. The highest BCUT2D eigenvalue weighted by molar-refractivity contribution is 6.01. The van der Waals surface area contributed by atoms with E-state index in [1.165, 1.54) is 6.33 Å². The lowest BCUT2D eigenvalue weighted by Gasteiger charge is -2.14. The second-order valence-corrected chi connectivity index (χ2v) is 5.29. The molecule has 0 spiro atoms. The van der Waals surface area contributed by atoms with E-state index >= 15 is 0 Å². The van der Waals surface area contributed by atoms with Crippen molar-refractivity contribution in [3.8, 4) is 0 Å². The van der Waals surface area contributed by atoms with Gasteiger partial charge in [0.15, 0.2) is 0 Å². The summed E-state index contributed by atoms with van der Waals surface area (Å²) in [7, 11) is 0. The molecule has 3 rings (SSSR count). The molecule has 24 heavy (non-hydrogen) atoms. The van der Waals surface area contributed by atoms with Gasteiger partial charge in [0.05, 0.1) is 19.4 Å². The minimum atomic E-state index is -3.19. The van der Waals surface area contributed by atoms with Crippen molar-refractivity contribution in [2.75, 3.05) is 13.1 Å². The van der Waals surface area contributed by atoms with Gasteiger partial charge in [-0.05, 0) is 12.1 Å². The lowest BCUT2D eigenvalue weighted by molar-refractivity contribution is -0.123. The van der Waals surface area contributed by atoms with Gasteiger partial charge >= 0.3 is 0 Å². The third-order valence-corrected chi connectivity index (χ3v) is 3.51. The summed E-state index contributed by atoms with van der Waals surface area (Å²) in [6.45, 7) is -2.21. The minimum Gasteiger partial charge on any atom is -0.448 e. The third-order valence-electron chi connectivity index (χ3n) is 3.51. The highest BCUT2D eigenvalue weighted by atomic mass is 19.3. The van der Waals surface area contributed by atoms with Crippen LogP contribution >= 0.6 is 0 Å². The van der Waals surface area contributed by atoms with Crippen molar-refractivity contribution in [3.05, 3.63) is 40.9 Å². The average Bonchev–Trinajstić information content (AvgIpc) is 2.95. The highest BCUT2D eigenvalue weighted by Gasteiger charge is 2.27. The monoisotopic (exact) mass is 336 g/mol. The predicted octanol–water partition coefficient (Wildman–Crippen LogP) is 0.853. The number of alkyl halides is 2. The summed E-state index contributed by atoms with van der Waals surface area (Å²) < 4.78 is 32.5. The molecule has 7 nitrogen and oxygen atoms in total. The zero-order valence-corrected chi connectivity index (χ0v) is 12.5. The molecule has 9 heteroatoms. The first-order chi connectivity index (χ1) is 11.4. The Bertz CT molecular complexity index is 964. The Morgan fingerprint density at radius 1 is 1.38 bits per heavy atom. The number of para-hydroxylation sites is 1. The first kappa shape index (κ1) is 16.1. The molecule has 0 aliphatic carbocycles. The number of hydrogen-bond donors (Lipinski definition) is 2. The van der Waals surface area contributed by atoms with Gasteiger partial charge in [-0.25, -0.2) is 13.8 Å². The SMILES string of the molecule is NCC(F)(F)CNC(=O)Cn1cnc2c(oc3ccccc32)c1=O. The Morgan fingerprint density at radius 3 is 2.88 bits per heavy atom. The van der Waals surface area contributed by atoms with Crippen LogP contribution in [0.4, 0.5) is 8.78 Å². The zero-order chi connectivity index (χ0) is 17.3. The molecule has 0 saturated carbocycles. The maximum absolute atomic E-state index is 13.0. The number of carbonyl (C=O) groups excluding carboxylic acids is 1. The molecule has 0 unspecified atom stereocenters. The van der Waals surface area contributed by atoms with Crippen LogP contribution in [-0.4, -0.2) is 34.5 Å². The van der Waals surface area contributed by atoms with Crippen LogP contribution in [0.5, 0.6) is 0 Å². The number of halogens is 2. The van der Waals surface area contributed by atoms with Gasteiger partial charge < -0.3 is 15.5 Å². The van der Waals surface area contributed by atoms with E-state index in [4.69, 9.17) is 10.2 Å². The summed E-state index contributed by atoms with van der Waals surface area (Å²) in [6, 6.07) is 7.01. The number of amides is 1. The summed E-state index contributed by atoms with van der Waals surface area (Å²) in [5.74, 6) is -3.94. The zero-order valence-electron chi connectivity index (χ0n) is 12.5. The molecule has 0 radical (unpaired) electrons. The normalized spacial score (nSPS) is 12.0. The topological polar surface area (TPSA) is 103 Å². The maximum Gasteiger partial charge on any atom is 0.297 e. The van der Waals surface area contributed by atoms with Crippen molar-refractivity contribution in [1.82, 2.24) is 14.9 Å². The van der Waals surface area contributed by atoms with Crippen molar-refractivity contribution in [2.45, 2.75) is 12.5 Å². The Kier molecular flexibility index (Phi) is 4.02. The fourth-order valence-electron chi connectivity index (χ4n) is 2.24. The molecule has 0 atom stereocenters. The summed E-state index contributed by atoms with van der Waals surface area (Å²) in [5.41, 5.74) is 5.24. The number of nitrogens with two attached hydrogens (primary N) is 1. The number of nitrogens with zero attached hydrogens (tertiary/aromatic N) is 2. The van der Waals surface area contributed by atoms with Gasteiger partial charge in [0.2, 0.25) is 11.5 Å². The molecule has 0 fully saturated rings. The molecule has 1 amide bonds. The summed E-state index contributed by atoms with van der Waals surface area (Å²) in [6.07, 6.45) is 1.19. The van der Waals surface area contributed by atoms with Gasteiger partial charge in [-0.1, -0.05) is 12.1 Å². The van der Waals surface area contributed by atoms with Crippen molar-refractivity contribution in [3.63, 3.8) is 0 Å². The Labute approximate surface area is 134 Å². The standard InChI is InChI=1S/C15H14F2N4O3/c16-15(17,6-18)7-19-11(22)5-21-8-20-12-9-3-1-2-4-10(9)24-13(12)14(21)23/h1-4,8H,5-7,18H2,(H,19,22). The number of benzene rings is 1. The van der Waals surface area contributed by atoms with E-state index in [-0.39, 0.29) is 5.58 Å². The van der Waals surface area contributed by atoms with Gasteiger partial charge in [0, 0.05) is 5.39 Å². The van der Waals surface area contributed by atoms with Crippen molar-refractivity contribution in [2.24, 2.45) is 5.73 Å². The van der Waals surface area contributed by atoms with E-state index in [1.807, 2.05) is 5.32 Å². The second kappa shape index (κ2) is 6.00. The van der Waals surface area contributed by atoms with Crippen LogP contribution in [-0.2, 0) is 11.3 Å². The van der Waals surface area contributed by atoms with Crippen LogP contribution in [0.3, 0.4) is 0 Å². The smallest absolute Gasteiger partial charge is 0.297 e. The van der Waals surface area contributed by atoms with Crippen LogP contribution < -0.4 is 16.6 Å². The highest BCUT2D eigenvalue weighted by Crippen LogP contribution is 2.23. The van der Waals surface area contributed by atoms with Crippen molar-refractivity contribution >= 4 is 28.0 Å². The molecular formula is C15H14F2N4O3. The molecule has 1 aromatic carbocycles. The Morgan fingerprint density at radius 2 is 2.12 bits per heavy atom. The number of hydrogen-bond acceptors (Lipinski definition) is 5. The van der Waals surface area contributed by atoms with Gasteiger partial charge in [-0.15, -0.1) is 0 Å². The maximum atomic E-state index is 13.0. The number of carbonyl (C=O) groups is 1. The van der Waals surface area contributed by atoms with Gasteiger partial charge in [0.25, 0.3) is 11.5 Å². The molecule has 2 heterocycles. The fourth-order valence-corrected chi connectivity index (χ4v) is 2.24. The molecule has 3 aromatic rings. The first-order valence-electron chi connectivity index (χ1n) is 7.12. The predicted molar refractivity (Wildman–Crippen MR) is 82.8 cm³/mol. The Balaban J connectivity index is 1.85. The molecule has 0 saturated heterocycles. The lowest BCUT2D eigenvalue weighted by atomic mass is 10.2. The van der Waals surface area contributed by atoms with Crippen LogP contribution in [0.1, 0.15) is 0 Å². The fraction of sp³-hybridized carbons (Fsp3) is 0.267. The van der Waals surface area contributed by atoms with Crippen molar-refractivity contribution < 1.29 is 18.0 Å². The number of nitrogens with one attached hydrogen (secondary N) is 1. The molecule has 126 valence electrons. The summed E-state index contributed by atoms with van der Waals surface area (Å²) in [5, 5.41) is 2.72. The molecule has 3 N–H and O–H groups in total. The largest absolute Gasteiger partial charge is 0.448 e. The molecule has 2 aromatic heterocycles. The molecular weight excluding hydrogens is 322 g/mol. The summed E-state index contributed by atoms with van der Waals surface area (Å²) in [4.78, 5) is 28.2. The van der Waals surface area contributed by atoms with E-state index in [9.17, 15) is 18.4 Å². The molecule has 0 bridgehead atoms. The lowest BCUT2D eigenvalue weighted by Crippen LogP contribution is -2.43. The van der Waals surface area contributed by atoms with E-state index in [2.05, 4.69) is 4.98 Å². The van der Waals surface area contributed by atoms with Crippen LogP contribution in [0.25, 0.3) is 22.1 Å².